The quantitative estimate of drug-likeness (QED) is 0.561. The molecule has 0 saturated carbocycles. The fourth-order valence-electron chi connectivity index (χ4n) is 1.92. The summed E-state index contributed by atoms with van der Waals surface area (Å²) in [6, 6.07) is 0. The minimum absolute atomic E-state index is 0.0332. The number of esters is 1. The van der Waals surface area contributed by atoms with Crippen LogP contribution in [0, 0.1) is 0 Å². The number of carbonyl (C=O) groups is 1. The van der Waals surface area contributed by atoms with Crippen LogP contribution < -0.4 is 4.90 Å². The van der Waals surface area contributed by atoms with Crippen molar-refractivity contribution in [2.75, 3.05) is 44.1 Å². The molecule has 21 heavy (non-hydrogen) atoms. The molecule has 0 unspecified atom stereocenters. The smallest absolute Gasteiger partial charge is 0.359 e. The number of morpholine rings is 1. The number of hydrogen-bond acceptors (Lipinski definition) is 8. The lowest BCUT2D eigenvalue weighted by Gasteiger charge is -2.29. The first-order chi connectivity index (χ1) is 9.93. The molecule has 8 nitrogen and oxygen atoms in total. The maximum atomic E-state index is 12.0. The number of sulfone groups is 1. The lowest BCUT2D eigenvalue weighted by atomic mass is 10.3. The molecule has 9 heteroatoms. The normalized spacial score (nSPS) is 15.8. The zero-order valence-corrected chi connectivity index (χ0v) is 12.7. The topological polar surface area (TPSA) is 98.7 Å². The van der Waals surface area contributed by atoms with Crippen molar-refractivity contribution in [2.45, 2.75) is 12.1 Å². The first-order valence-corrected chi connectivity index (χ1v) is 8.39. The number of hydrogen-bond donors (Lipinski definition) is 0. The minimum atomic E-state index is -3.59. The van der Waals surface area contributed by atoms with E-state index in [1.807, 2.05) is 4.90 Å². The SMILES string of the molecule is CCOC(=O)c1nc(S(C)(=O)=O)ncc1N1CCOCC1. The van der Waals surface area contributed by atoms with Crippen LogP contribution in [0.15, 0.2) is 11.4 Å². The summed E-state index contributed by atoms with van der Waals surface area (Å²) in [5.41, 5.74) is 0.429. The highest BCUT2D eigenvalue weighted by Gasteiger charge is 2.24. The molecule has 0 aliphatic carbocycles. The third kappa shape index (κ3) is 3.67. The molecule has 2 rings (SSSR count). The Hall–Kier alpha value is -1.74. The number of carbonyl (C=O) groups excluding carboxylic acids is 1. The molecule has 0 radical (unpaired) electrons. The van der Waals surface area contributed by atoms with Crippen molar-refractivity contribution in [1.82, 2.24) is 9.97 Å². The molecule has 1 saturated heterocycles. The standard InChI is InChI=1S/C12H17N3O5S/c1-3-20-11(16)10-9(15-4-6-19-7-5-15)8-13-12(14-10)21(2,17)18/h8H,3-7H2,1-2H3. The maximum Gasteiger partial charge on any atom is 0.359 e. The molecule has 116 valence electrons. The fraction of sp³-hybridized carbons (Fsp3) is 0.583. The number of aromatic nitrogens is 2. The van der Waals surface area contributed by atoms with Crippen LogP contribution in [0.1, 0.15) is 17.4 Å². The van der Waals surface area contributed by atoms with Gasteiger partial charge in [0, 0.05) is 19.3 Å². The van der Waals surface area contributed by atoms with Gasteiger partial charge in [-0.15, -0.1) is 0 Å². The second-order valence-corrected chi connectivity index (χ2v) is 6.39. The Bertz CT molecular complexity index is 626. The van der Waals surface area contributed by atoms with E-state index in [4.69, 9.17) is 9.47 Å². The zero-order valence-electron chi connectivity index (χ0n) is 11.9. The van der Waals surface area contributed by atoms with Crippen LogP contribution >= 0.6 is 0 Å². The van der Waals surface area contributed by atoms with Gasteiger partial charge in [0.2, 0.25) is 15.0 Å². The van der Waals surface area contributed by atoms with Gasteiger partial charge in [0.1, 0.15) is 0 Å². The summed E-state index contributed by atoms with van der Waals surface area (Å²) in [7, 11) is -3.59. The molecule has 2 heterocycles. The number of rotatable bonds is 4. The largest absolute Gasteiger partial charge is 0.461 e. The molecule has 1 aromatic rings. The molecule has 0 spiro atoms. The van der Waals surface area contributed by atoms with Crippen molar-refractivity contribution in [1.29, 1.82) is 0 Å². The molecule has 0 atom stereocenters. The van der Waals surface area contributed by atoms with Gasteiger partial charge in [-0.1, -0.05) is 0 Å². The Morgan fingerprint density at radius 1 is 1.43 bits per heavy atom. The highest BCUT2D eigenvalue weighted by atomic mass is 32.2. The average molecular weight is 315 g/mol. The van der Waals surface area contributed by atoms with E-state index in [9.17, 15) is 13.2 Å². The van der Waals surface area contributed by atoms with Crippen molar-refractivity contribution in [3.63, 3.8) is 0 Å². The monoisotopic (exact) mass is 315 g/mol. The van der Waals surface area contributed by atoms with E-state index in [-0.39, 0.29) is 17.5 Å². The lowest BCUT2D eigenvalue weighted by molar-refractivity contribution is 0.0518. The molecule has 1 aliphatic rings. The zero-order chi connectivity index (χ0) is 15.5. The summed E-state index contributed by atoms with van der Waals surface area (Å²) in [5.74, 6) is -0.661. The highest BCUT2D eigenvalue weighted by Crippen LogP contribution is 2.21. The molecule has 0 amide bonds. The summed E-state index contributed by atoms with van der Waals surface area (Å²) >= 11 is 0. The summed E-state index contributed by atoms with van der Waals surface area (Å²) < 4.78 is 33.3. The second kappa shape index (κ2) is 6.35. The molecule has 0 N–H and O–H groups in total. The predicted octanol–water partition coefficient (Wildman–Crippen LogP) is -0.107. The Labute approximate surface area is 123 Å². The van der Waals surface area contributed by atoms with Crippen LogP contribution in [0.5, 0.6) is 0 Å². The molecule has 1 fully saturated rings. The van der Waals surface area contributed by atoms with Gasteiger partial charge in [-0.05, 0) is 6.92 Å². The molecule has 0 bridgehead atoms. The number of nitrogens with zero attached hydrogens (tertiary/aromatic N) is 3. The molecular weight excluding hydrogens is 298 g/mol. The van der Waals surface area contributed by atoms with Gasteiger partial charge in [-0.2, -0.15) is 0 Å². The van der Waals surface area contributed by atoms with Gasteiger partial charge >= 0.3 is 5.97 Å². The van der Waals surface area contributed by atoms with Crippen LogP contribution in [0.3, 0.4) is 0 Å². The van der Waals surface area contributed by atoms with Gasteiger partial charge in [-0.3, -0.25) is 0 Å². The average Bonchev–Trinajstić information content (AvgIpc) is 2.47. The summed E-state index contributed by atoms with van der Waals surface area (Å²) in [6.07, 6.45) is 2.34. The van der Waals surface area contributed by atoms with Crippen LogP contribution in [-0.2, 0) is 19.3 Å². The van der Waals surface area contributed by atoms with Crippen molar-refractivity contribution in [3.05, 3.63) is 11.9 Å². The van der Waals surface area contributed by atoms with E-state index in [0.29, 0.717) is 32.0 Å². The van der Waals surface area contributed by atoms with E-state index in [1.54, 1.807) is 6.92 Å². The van der Waals surface area contributed by atoms with Crippen LogP contribution in [0.2, 0.25) is 0 Å². The van der Waals surface area contributed by atoms with E-state index < -0.39 is 15.8 Å². The first kappa shape index (κ1) is 15.6. The fourth-order valence-corrected chi connectivity index (χ4v) is 2.42. The molecular formula is C12H17N3O5S. The van der Waals surface area contributed by atoms with Crippen molar-refractivity contribution >= 4 is 21.5 Å². The summed E-state index contributed by atoms with van der Waals surface area (Å²) in [5, 5.41) is -0.387. The van der Waals surface area contributed by atoms with Gasteiger partial charge in [0.15, 0.2) is 5.69 Å². The summed E-state index contributed by atoms with van der Waals surface area (Å²) in [4.78, 5) is 21.6. The second-order valence-electron chi connectivity index (χ2n) is 4.48. The van der Waals surface area contributed by atoms with E-state index >= 15 is 0 Å². The Morgan fingerprint density at radius 3 is 2.67 bits per heavy atom. The van der Waals surface area contributed by atoms with E-state index in [1.165, 1.54) is 6.20 Å². The Kier molecular flexibility index (Phi) is 4.73. The minimum Gasteiger partial charge on any atom is -0.461 e. The third-order valence-electron chi connectivity index (χ3n) is 2.90. The summed E-state index contributed by atoms with van der Waals surface area (Å²) in [6.45, 7) is 4.05. The van der Waals surface area contributed by atoms with Gasteiger partial charge in [0.05, 0.1) is 31.7 Å². The van der Waals surface area contributed by atoms with Crippen molar-refractivity contribution in [2.24, 2.45) is 0 Å². The van der Waals surface area contributed by atoms with Gasteiger partial charge in [0.25, 0.3) is 0 Å². The van der Waals surface area contributed by atoms with Crippen LogP contribution in [-0.4, -0.2) is 63.5 Å². The third-order valence-corrected chi connectivity index (χ3v) is 3.76. The molecule has 0 aromatic carbocycles. The first-order valence-electron chi connectivity index (χ1n) is 6.50. The Balaban J connectivity index is 2.45. The van der Waals surface area contributed by atoms with E-state index in [0.717, 1.165) is 6.26 Å². The van der Waals surface area contributed by atoms with E-state index in [2.05, 4.69) is 9.97 Å². The predicted molar refractivity (Wildman–Crippen MR) is 74.1 cm³/mol. The molecule has 1 aliphatic heterocycles. The van der Waals surface area contributed by atoms with Gasteiger partial charge in [-0.25, -0.2) is 23.2 Å². The maximum absolute atomic E-state index is 12.0. The number of ether oxygens (including phenoxy) is 2. The molecule has 1 aromatic heterocycles. The van der Waals surface area contributed by atoms with Crippen molar-refractivity contribution < 1.29 is 22.7 Å². The lowest BCUT2D eigenvalue weighted by Crippen LogP contribution is -2.37. The number of anilines is 1. The highest BCUT2D eigenvalue weighted by molar-refractivity contribution is 7.90. The van der Waals surface area contributed by atoms with Gasteiger partial charge < -0.3 is 14.4 Å². The Morgan fingerprint density at radius 2 is 2.10 bits per heavy atom. The van der Waals surface area contributed by atoms with Crippen molar-refractivity contribution in [3.8, 4) is 0 Å². The van der Waals surface area contributed by atoms with Crippen LogP contribution in [0.25, 0.3) is 0 Å². The van der Waals surface area contributed by atoms with Crippen LogP contribution in [0.4, 0.5) is 5.69 Å².